The number of carbonyl (C=O) groups is 2. The van der Waals surface area contributed by atoms with Crippen LogP contribution in [0, 0.1) is 0 Å². The van der Waals surface area contributed by atoms with E-state index in [4.69, 9.17) is 18.5 Å². The second-order valence-corrected chi connectivity index (χ2v) is 25.3. The molecule has 0 fully saturated rings. The molecule has 0 aliphatic heterocycles. The summed E-state index contributed by atoms with van der Waals surface area (Å²) in [5, 5.41) is 0. The van der Waals surface area contributed by atoms with E-state index in [0.717, 1.165) is 51.4 Å². The molecule has 10 heteroatoms. The minimum atomic E-state index is -4.64. The van der Waals surface area contributed by atoms with Crippen LogP contribution >= 0.6 is 7.82 Å². The van der Waals surface area contributed by atoms with Crippen molar-refractivity contribution in [2.75, 3.05) is 47.5 Å². The average Bonchev–Trinajstić information content (AvgIpc) is 3.38. The van der Waals surface area contributed by atoms with Crippen LogP contribution in [0.25, 0.3) is 0 Å². The number of nitrogens with zero attached hydrogens (tertiary/aromatic N) is 1. The molecule has 0 aromatic rings. The molecule has 0 amide bonds. The van der Waals surface area contributed by atoms with Gasteiger partial charge in [0.1, 0.15) is 19.8 Å². The Morgan fingerprint density at radius 2 is 0.711 bits per heavy atom. The van der Waals surface area contributed by atoms with Crippen LogP contribution in [0.5, 0.6) is 0 Å². The molecule has 0 rings (SSSR count). The third-order valence-electron chi connectivity index (χ3n) is 15.0. The number of phosphoric acid groups is 1. The van der Waals surface area contributed by atoms with Gasteiger partial charge < -0.3 is 27.9 Å². The lowest BCUT2D eigenvalue weighted by atomic mass is 10.0. The number of hydrogen-bond donors (Lipinski definition) is 0. The Labute approximate surface area is 472 Å². The van der Waals surface area contributed by atoms with Crippen LogP contribution in [0.3, 0.4) is 0 Å². The Kier molecular flexibility index (Phi) is 57.0. The number of allylic oxidation sites excluding steroid dienone is 4. The third-order valence-corrected chi connectivity index (χ3v) is 15.9. The lowest BCUT2D eigenvalue weighted by Gasteiger charge is -2.28. The third kappa shape index (κ3) is 61.7. The van der Waals surface area contributed by atoms with Crippen molar-refractivity contribution in [1.29, 1.82) is 0 Å². The number of carbonyl (C=O) groups excluding carboxylic acids is 2. The molecule has 0 radical (unpaired) electrons. The van der Waals surface area contributed by atoms with Crippen molar-refractivity contribution >= 4 is 19.8 Å². The summed E-state index contributed by atoms with van der Waals surface area (Å²) in [6.45, 7) is 4.26. The van der Waals surface area contributed by atoms with Gasteiger partial charge in [-0.1, -0.05) is 301 Å². The Bertz CT molecular complexity index is 1330. The highest BCUT2D eigenvalue weighted by Crippen LogP contribution is 2.38. The van der Waals surface area contributed by atoms with E-state index < -0.39 is 26.5 Å². The summed E-state index contributed by atoms with van der Waals surface area (Å²) >= 11 is 0. The number of unbranched alkanes of at least 4 members (excludes halogenated alkanes) is 44. The van der Waals surface area contributed by atoms with Crippen molar-refractivity contribution in [3.8, 4) is 0 Å². The maximum Gasteiger partial charge on any atom is 0.306 e. The van der Waals surface area contributed by atoms with Gasteiger partial charge in [0.2, 0.25) is 0 Å². The molecule has 2 unspecified atom stereocenters. The smallest absolute Gasteiger partial charge is 0.306 e. The largest absolute Gasteiger partial charge is 0.756 e. The molecule has 450 valence electrons. The quantitative estimate of drug-likeness (QED) is 0.0195. The maximum absolute atomic E-state index is 12.8. The highest BCUT2D eigenvalue weighted by molar-refractivity contribution is 7.45. The van der Waals surface area contributed by atoms with Crippen LogP contribution in [-0.2, 0) is 32.7 Å². The van der Waals surface area contributed by atoms with Gasteiger partial charge in [-0.15, -0.1) is 0 Å². The molecule has 76 heavy (non-hydrogen) atoms. The molecule has 0 aliphatic rings. The van der Waals surface area contributed by atoms with E-state index in [1.165, 1.54) is 250 Å². The van der Waals surface area contributed by atoms with Gasteiger partial charge in [0.05, 0.1) is 27.7 Å². The zero-order chi connectivity index (χ0) is 55.6. The first-order valence-corrected chi connectivity index (χ1v) is 34.5. The summed E-state index contributed by atoms with van der Waals surface area (Å²) in [5.41, 5.74) is 0. The van der Waals surface area contributed by atoms with Crippen LogP contribution in [0.4, 0.5) is 0 Å². The van der Waals surface area contributed by atoms with Gasteiger partial charge in [0, 0.05) is 12.8 Å². The van der Waals surface area contributed by atoms with E-state index in [9.17, 15) is 19.0 Å². The van der Waals surface area contributed by atoms with Gasteiger partial charge in [-0.3, -0.25) is 14.2 Å². The zero-order valence-electron chi connectivity index (χ0n) is 51.2. The van der Waals surface area contributed by atoms with Crippen LogP contribution in [0.2, 0.25) is 0 Å². The monoisotopic (exact) mass is 1090 g/mol. The van der Waals surface area contributed by atoms with Crippen LogP contribution in [0.1, 0.15) is 335 Å². The second-order valence-electron chi connectivity index (χ2n) is 23.8. The summed E-state index contributed by atoms with van der Waals surface area (Å²) in [6.07, 6.45) is 71.3. The molecule has 0 bridgehead atoms. The summed E-state index contributed by atoms with van der Waals surface area (Å²) in [7, 11) is 1.18. The fraction of sp³-hybridized carbons (Fsp3) is 0.909. The molecule has 0 heterocycles. The minimum Gasteiger partial charge on any atom is -0.756 e. The average molecular weight is 1090 g/mol. The number of quaternary nitrogens is 1. The Balaban J connectivity index is 3.92. The summed E-state index contributed by atoms with van der Waals surface area (Å²) < 4.78 is 34.2. The molecule has 0 aromatic carbocycles. The standard InChI is InChI=1S/C66H128NO8P/c1-6-8-10-12-14-16-18-20-22-24-25-26-27-28-29-30-31-32-33-34-35-36-37-38-39-40-41-43-44-46-48-50-52-54-56-58-65(68)72-62-64(63-74-76(70,71)73-61-60-67(3,4)5)75-66(69)59-57-55-53-51-49-47-45-42-23-21-19-17-15-13-11-9-7-2/h15,17,21,23,64H,6-14,16,18-20,22,24-63H2,1-5H3/b17-15-,23-21-. The topological polar surface area (TPSA) is 111 Å². The van der Waals surface area contributed by atoms with E-state index in [0.29, 0.717) is 17.4 Å². The van der Waals surface area contributed by atoms with Gasteiger partial charge in [-0.25, -0.2) is 0 Å². The number of likely N-dealkylation sites (N-methyl/N-ethyl adjacent to an activating group) is 1. The Morgan fingerprint density at radius 3 is 1.07 bits per heavy atom. The highest BCUT2D eigenvalue weighted by Gasteiger charge is 2.22. The van der Waals surface area contributed by atoms with Gasteiger partial charge in [-0.2, -0.15) is 0 Å². The van der Waals surface area contributed by atoms with Crippen molar-refractivity contribution in [1.82, 2.24) is 0 Å². The molecule has 0 saturated carbocycles. The van der Waals surface area contributed by atoms with Crippen molar-refractivity contribution in [3.63, 3.8) is 0 Å². The van der Waals surface area contributed by atoms with Gasteiger partial charge in [-0.05, 0) is 44.9 Å². The molecule has 9 nitrogen and oxygen atoms in total. The molecule has 0 aliphatic carbocycles. The van der Waals surface area contributed by atoms with Crippen LogP contribution < -0.4 is 4.89 Å². The first-order valence-electron chi connectivity index (χ1n) is 33.0. The fourth-order valence-corrected chi connectivity index (χ4v) is 10.6. The van der Waals surface area contributed by atoms with Crippen LogP contribution in [0.15, 0.2) is 24.3 Å². The SMILES string of the molecule is CCCCC/C=C\C/C=C\CCCCCCCCCC(=O)OC(COC(=O)CCCCCCCCCCCCCCCCCCCCCCCCCCCCCCCCCCCCC)COP(=O)([O-])OCC[N+](C)(C)C. The summed E-state index contributed by atoms with van der Waals surface area (Å²) in [6, 6.07) is 0. The summed E-state index contributed by atoms with van der Waals surface area (Å²) in [4.78, 5) is 37.9. The molecule has 2 atom stereocenters. The molecule has 0 saturated heterocycles. The highest BCUT2D eigenvalue weighted by atomic mass is 31.2. The van der Waals surface area contributed by atoms with Crippen molar-refractivity contribution in [3.05, 3.63) is 24.3 Å². The van der Waals surface area contributed by atoms with E-state index in [1.807, 2.05) is 21.1 Å². The molecular formula is C66H128NO8P. The Morgan fingerprint density at radius 1 is 0.408 bits per heavy atom. The predicted molar refractivity (Wildman–Crippen MR) is 324 cm³/mol. The maximum atomic E-state index is 12.8. The first-order chi connectivity index (χ1) is 37.0. The lowest BCUT2D eigenvalue weighted by molar-refractivity contribution is -0.870. The number of hydrogen-bond acceptors (Lipinski definition) is 8. The van der Waals surface area contributed by atoms with E-state index in [2.05, 4.69) is 38.2 Å². The molecule has 0 spiro atoms. The molecule has 0 N–H and O–H groups in total. The second kappa shape index (κ2) is 58.2. The van der Waals surface area contributed by atoms with E-state index in [-0.39, 0.29) is 32.0 Å². The van der Waals surface area contributed by atoms with Crippen LogP contribution in [-0.4, -0.2) is 70.0 Å². The Hall–Kier alpha value is -1.51. The lowest BCUT2D eigenvalue weighted by Crippen LogP contribution is -2.37. The van der Waals surface area contributed by atoms with Gasteiger partial charge in [0.15, 0.2) is 6.10 Å². The number of phosphoric ester groups is 1. The minimum absolute atomic E-state index is 0.0301. The first kappa shape index (κ1) is 74.5. The summed E-state index contributed by atoms with van der Waals surface area (Å²) in [5.74, 6) is -0.825. The van der Waals surface area contributed by atoms with Gasteiger partial charge >= 0.3 is 11.9 Å². The zero-order valence-corrected chi connectivity index (χ0v) is 52.1. The van der Waals surface area contributed by atoms with Crippen molar-refractivity contribution < 1.29 is 42.1 Å². The van der Waals surface area contributed by atoms with E-state index in [1.54, 1.807) is 0 Å². The fourth-order valence-electron chi connectivity index (χ4n) is 9.87. The number of esters is 2. The van der Waals surface area contributed by atoms with Gasteiger partial charge in [0.25, 0.3) is 7.82 Å². The van der Waals surface area contributed by atoms with Crippen molar-refractivity contribution in [2.24, 2.45) is 0 Å². The molecule has 0 aromatic heterocycles. The number of ether oxygens (including phenoxy) is 2. The predicted octanol–water partition coefficient (Wildman–Crippen LogP) is 20.3. The van der Waals surface area contributed by atoms with Crippen molar-refractivity contribution in [2.45, 2.75) is 341 Å². The van der Waals surface area contributed by atoms with E-state index >= 15 is 0 Å². The normalized spacial score (nSPS) is 13.3. The molecular weight excluding hydrogens is 966 g/mol. The number of rotatable bonds is 62.